The van der Waals surface area contributed by atoms with Crippen molar-refractivity contribution >= 4 is 5.97 Å². The van der Waals surface area contributed by atoms with Crippen LogP contribution in [0, 0.1) is 5.41 Å². The topological polar surface area (TPSA) is 46.5 Å². The lowest BCUT2D eigenvalue weighted by Gasteiger charge is -2.28. The average Bonchev–Trinajstić information content (AvgIpc) is 2.50. The third kappa shape index (κ3) is 1.82. The van der Waals surface area contributed by atoms with E-state index in [0.717, 1.165) is 6.42 Å². The molecule has 1 N–H and O–H groups in total. The molecular weight excluding hydrogens is 180 g/mol. The molecule has 0 amide bonds. The fourth-order valence-electron chi connectivity index (χ4n) is 2.15. The maximum absolute atomic E-state index is 11.7. The Morgan fingerprint density at radius 3 is 2.93 bits per heavy atom. The van der Waals surface area contributed by atoms with Gasteiger partial charge in [-0.2, -0.15) is 0 Å². The van der Waals surface area contributed by atoms with E-state index in [1.54, 1.807) is 13.0 Å². The average molecular weight is 198 g/mol. The summed E-state index contributed by atoms with van der Waals surface area (Å²) in [6.45, 7) is 5.77. The molecule has 0 heterocycles. The minimum Gasteiger partial charge on any atom is -0.465 e. The van der Waals surface area contributed by atoms with E-state index in [0.29, 0.717) is 25.9 Å². The molecule has 80 valence electrons. The first-order valence-electron chi connectivity index (χ1n) is 5.13. The highest BCUT2D eigenvalue weighted by atomic mass is 16.5. The summed E-state index contributed by atoms with van der Waals surface area (Å²) in [7, 11) is 0. The molecule has 1 fully saturated rings. The number of hydrogen-bond donors (Lipinski definition) is 1. The van der Waals surface area contributed by atoms with Gasteiger partial charge < -0.3 is 9.84 Å². The molecule has 0 unspecified atom stereocenters. The maximum Gasteiger partial charge on any atom is 0.315 e. The third-order valence-electron chi connectivity index (χ3n) is 2.93. The van der Waals surface area contributed by atoms with Crippen LogP contribution in [0.5, 0.6) is 0 Å². The second kappa shape index (κ2) is 4.60. The largest absolute Gasteiger partial charge is 0.465 e. The van der Waals surface area contributed by atoms with Crippen LogP contribution in [0.3, 0.4) is 0 Å². The van der Waals surface area contributed by atoms with Crippen molar-refractivity contribution in [1.82, 2.24) is 0 Å². The highest BCUT2D eigenvalue weighted by Crippen LogP contribution is 2.42. The van der Waals surface area contributed by atoms with E-state index in [2.05, 4.69) is 6.58 Å². The molecule has 0 aromatic carbocycles. The lowest BCUT2D eigenvalue weighted by molar-refractivity contribution is -0.160. The number of carbonyl (C=O) groups is 1. The molecule has 0 saturated heterocycles. The third-order valence-corrected chi connectivity index (χ3v) is 2.93. The van der Waals surface area contributed by atoms with Gasteiger partial charge in [-0.1, -0.05) is 6.08 Å². The van der Waals surface area contributed by atoms with Gasteiger partial charge in [-0.3, -0.25) is 4.79 Å². The fraction of sp³-hybridized carbons (Fsp3) is 0.727. The molecule has 14 heavy (non-hydrogen) atoms. The first kappa shape index (κ1) is 11.2. The predicted octanol–water partition coefficient (Wildman–Crippen LogP) is 1.66. The Morgan fingerprint density at radius 2 is 2.50 bits per heavy atom. The number of hydrogen-bond acceptors (Lipinski definition) is 3. The van der Waals surface area contributed by atoms with Crippen molar-refractivity contribution in [3.8, 4) is 0 Å². The van der Waals surface area contributed by atoms with Gasteiger partial charge in [0, 0.05) is 0 Å². The molecule has 0 aromatic heterocycles. The fourth-order valence-corrected chi connectivity index (χ4v) is 2.15. The summed E-state index contributed by atoms with van der Waals surface area (Å²) in [4.78, 5) is 11.7. The normalized spacial score (nSPS) is 31.4. The van der Waals surface area contributed by atoms with Gasteiger partial charge in [0.15, 0.2) is 0 Å². The quantitative estimate of drug-likeness (QED) is 0.552. The summed E-state index contributed by atoms with van der Waals surface area (Å²) in [5.74, 6) is -0.273. The zero-order valence-electron chi connectivity index (χ0n) is 8.66. The molecule has 1 rings (SSSR count). The lowest BCUT2D eigenvalue weighted by Crippen LogP contribution is -2.39. The first-order valence-corrected chi connectivity index (χ1v) is 5.13. The van der Waals surface area contributed by atoms with Crippen LogP contribution in [0.25, 0.3) is 0 Å². The Balaban J connectivity index is 2.80. The molecule has 0 aromatic rings. The summed E-state index contributed by atoms with van der Waals surface area (Å²) in [6.07, 6.45) is 3.90. The van der Waals surface area contributed by atoms with Gasteiger partial charge in [-0.05, 0) is 32.6 Å². The van der Waals surface area contributed by atoms with Gasteiger partial charge in [-0.15, -0.1) is 6.58 Å². The number of ether oxygens (including phenoxy) is 1. The van der Waals surface area contributed by atoms with E-state index in [4.69, 9.17) is 4.74 Å². The molecule has 2 atom stereocenters. The van der Waals surface area contributed by atoms with E-state index in [1.165, 1.54) is 0 Å². The van der Waals surface area contributed by atoms with Crippen LogP contribution >= 0.6 is 0 Å². The molecule has 1 aliphatic rings. The SMILES string of the molecule is C=CC[C@]1(C(=O)OCC)CCC[C@H]1O. The number of esters is 1. The Hall–Kier alpha value is -0.830. The Bertz CT molecular complexity index is 225. The highest BCUT2D eigenvalue weighted by molar-refractivity contribution is 5.78. The summed E-state index contributed by atoms with van der Waals surface area (Å²) in [6, 6.07) is 0. The van der Waals surface area contributed by atoms with Gasteiger partial charge in [0.2, 0.25) is 0 Å². The summed E-state index contributed by atoms with van der Waals surface area (Å²) < 4.78 is 5.01. The molecule has 0 bridgehead atoms. The number of aliphatic hydroxyl groups excluding tert-OH is 1. The van der Waals surface area contributed by atoms with E-state index in [-0.39, 0.29) is 5.97 Å². The van der Waals surface area contributed by atoms with Crippen molar-refractivity contribution in [3.05, 3.63) is 12.7 Å². The minimum absolute atomic E-state index is 0.273. The van der Waals surface area contributed by atoms with Gasteiger partial charge >= 0.3 is 5.97 Å². The van der Waals surface area contributed by atoms with E-state index < -0.39 is 11.5 Å². The van der Waals surface area contributed by atoms with Crippen LogP contribution in [0.4, 0.5) is 0 Å². The standard InChI is InChI=1S/C11H18O3/c1-3-7-11(10(13)14-4-2)8-5-6-9(11)12/h3,9,12H,1,4-8H2,2H3/t9-,11+/m1/s1. The number of allylic oxidation sites excluding steroid dienone is 1. The van der Waals surface area contributed by atoms with E-state index in [9.17, 15) is 9.90 Å². The second-order valence-corrected chi connectivity index (χ2v) is 3.78. The number of carbonyl (C=O) groups excluding carboxylic acids is 1. The van der Waals surface area contributed by atoms with Crippen molar-refractivity contribution in [2.45, 2.75) is 38.7 Å². The molecule has 0 spiro atoms. The van der Waals surface area contributed by atoms with Crippen molar-refractivity contribution < 1.29 is 14.6 Å². The molecule has 1 saturated carbocycles. The summed E-state index contributed by atoms with van der Waals surface area (Å²) >= 11 is 0. The molecule has 0 aliphatic heterocycles. The van der Waals surface area contributed by atoms with Gasteiger partial charge in [0.05, 0.1) is 18.1 Å². The zero-order chi connectivity index (χ0) is 10.6. The second-order valence-electron chi connectivity index (χ2n) is 3.78. The summed E-state index contributed by atoms with van der Waals surface area (Å²) in [5, 5.41) is 9.82. The maximum atomic E-state index is 11.7. The predicted molar refractivity (Wildman–Crippen MR) is 53.7 cm³/mol. The zero-order valence-corrected chi connectivity index (χ0v) is 8.66. The Morgan fingerprint density at radius 1 is 1.79 bits per heavy atom. The van der Waals surface area contributed by atoms with Gasteiger partial charge in [-0.25, -0.2) is 0 Å². The molecule has 3 heteroatoms. The van der Waals surface area contributed by atoms with Gasteiger partial charge in [0.1, 0.15) is 0 Å². The monoisotopic (exact) mass is 198 g/mol. The van der Waals surface area contributed by atoms with Crippen LogP contribution in [0.2, 0.25) is 0 Å². The Kier molecular flexibility index (Phi) is 3.69. The van der Waals surface area contributed by atoms with Gasteiger partial charge in [0.25, 0.3) is 0 Å². The molecule has 3 nitrogen and oxygen atoms in total. The first-order chi connectivity index (χ1) is 6.67. The van der Waals surface area contributed by atoms with Crippen LogP contribution < -0.4 is 0 Å². The number of rotatable bonds is 4. The molecular formula is C11H18O3. The number of aliphatic hydroxyl groups is 1. The molecule has 0 radical (unpaired) electrons. The van der Waals surface area contributed by atoms with Crippen LogP contribution in [-0.4, -0.2) is 23.8 Å². The van der Waals surface area contributed by atoms with E-state index in [1.807, 2.05) is 0 Å². The van der Waals surface area contributed by atoms with Crippen molar-refractivity contribution in [3.63, 3.8) is 0 Å². The minimum atomic E-state index is -0.711. The smallest absolute Gasteiger partial charge is 0.315 e. The molecule has 1 aliphatic carbocycles. The van der Waals surface area contributed by atoms with Crippen molar-refractivity contribution in [1.29, 1.82) is 0 Å². The van der Waals surface area contributed by atoms with Crippen molar-refractivity contribution in [2.75, 3.05) is 6.61 Å². The van der Waals surface area contributed by atoms with E-state index >= 15 is 0 Å². The highest BCUT2D eigenvalue weighted by Gasteiger charge is 2.48. The lowest BCUT2D eigenvalue weighted by atomic mass is 9.81. The summed E-state index contributed by atoms with van der Waals surface area (Å²) in [5.41, 5.74) is -0.711. The van der Waals surface area contributed by atoms with Crippen molar-refractivity contribution in [2.24, 2.45) is 5.41 Å². The Labute approximate surface area is 84.8 Å². The van der Waals surface area contributed by atoms with Crippen LogP contribution in [0.1, 0.15) is 32.6 Å². The van der Waals surface area contributed by atoms with Crippen LogP contribution in [-0.2, 0) is 9.53 Å². The van der Waals surface area contributed by atoms with Crippen LogP contribution in [0.15, 0.2) is 12.7 Å².